The fourth-order valence-corrected chi connectivity index (χ4v) is 1.94. The molecule has 0 radical (unpaired) electrons. The first-order valence-electron chi connectivity index (χ1n) is 6.40. The minimum atomic E-state index is -0.259. The molecule has 5 nitrogen and oxygen atoms in total. The van der Waals surface area contributed by atoms with Crippen molar-refractivity contribution in [1.82, 2.24) is 5.32 Å². The molecule has 0 bridgehead atoms. The van der Waals surface area contributed by atoms with Crippen molar-refractivity contribution in [1.29, 1.82) is 0 Å². The molecule has 2 aromatic rings. The molecule has 1 atom stereocenters. The van der Waals surface area contributed by atoms with Crippen molar-refractivity contribution in [2.24, 2.45) is 0 Å². The van der Waals surface area contributed by atoms with Crippen LogP contribution >= 0.6 is 0 Å². The van der Waals surface area contributed by atoms with Gasteiger partial charge >= 0.3 is 6.03 Å². The number of amides is 2. The van der Waals surface area contributed by atoms with Crippen molar-refractivity contribution in [3.63, 3.8) is 0 Å². The number of rotatable bonds is 5. The number of carbonyl (C=O) groups is 1. The lowest BCUT2D eigenvalue weighted by molar-refractivity contribution is 0.249. The molecule has 0 aliphatic carbocycles. The number of para-hydroxylation sites is 2. The third kappa shape index (κ3) is 3.78. The molecular weight excluding hydrogens is 256 g/mol. The van der Waals surface area contributed by atoms with E-state index in [1.54, 1.807) is 31.8 Å². The van der Waals surface area contributed by atoms with E-state index in [1.807, 2.05) is 25.1 Å². The molecule has 1 heterocycles. The number of anilines is 1. The summed E-state index contributed by atoms with van der Waals surface area (Å²) in [6, 6.07) is 8.91. The zero-order valence-corrected chi connectivity index (χ0v) is 11.6. The highest BCUT2D eigenvalue weighted by atomic mass is 16.5. The van der Waals surface area contributed by atoms with Crippen LogP contribution in [-0.2, 0) is 6.42 Å². The second-order valence-corrected chi connectivity index (χ2v) is 4.54. The number of nitrogens with one attached hydrogen (secondary N) is 2. The molecular formula is C15H18N2O3. The van der Waals surface area contributed by atoms with Gasteiger partial charge in [0.1, 0.15) is 5.75 Å². The maximum atomic E-state index is 11.9. The molecule has 20 heavy (non-hydrogen) atoms. The van der Waals surface area contributed by atoms with E-state index in [2.05, 4.69) is 10.6 Å². The number of methoxy groups -OCH3 is 1. The lowest BCUT2D eigenvalue weighted by Gasteiger charge is -2.15. The van der Waals surface area contributed by atoms with E-state index >= 15 is 0 Å². The van der Waals surface area contributed by atoms with Gasteiger partial charge in [0.2, 0.25) is 0 Å². The standard InChI is InChI=1S/C15H18N2O3/c1-11(9-12-7-8-20-10-12)16-15(18)17-13-5-3-4-6-14(13)19-2/h3-8,10-11H,9H2,1-2H3,(H2,16,17,18)/t11-/m1/s1. The van der Waals surface area contributed by atoms with E-state index in [0.29, 0.717) is 11.4 Å². The highest BCUT2D eigenvalue weighted by Crippen LogP contribution is 2.22. The predicted molar refractivity (Wildman–Crippen MR) is 77.0 cm³/mol. The minimum Gasteiger partial charge on any atom is -0.495 e. The van der Waals surface area contributed by atoms with Gasteiger partial charge in [-0.3, -0.25) is 0 Å². The maximum absolute atomic E-state index is 11.9. The third-order valence-corrected chi connectivity index (χ3v) is 2.85. The van der Waals surface area contributed by atoms with E-state index in [1.165, 1.54) is 0 Å². The molecule has 1 aromatic heterocycles. The van der Waals surface area contributed by atoms with Gasteiger partial charge in [0.15, 0.2) is 0 Å². The Labute approximate surface area is 117 Å². The van der Waals surface area contributed by atoms with Crippen LogP contribution in [0.25, 0.3) is 0 Å². The molecule has 0 unspecified atom stereocenters. The lowest BCUT2D eigenvalue weighted by atomic mass is 10.1. The first-order valence-corrected chi connectivity index (χ1v) is 6.40. The van der Waals surface area contributed by atoms with Crippen LogP contribution in [0.4, 0.5) is 10.5 Å². The SMILES string of the molecule is COc1ccccc1NC(=O)N[C@H](C)Cc1ccoc1. The van der Waals surface area contributed by atoms with Crippen LogP contribution in [0.2, 0.25) is 0 Å². The van der Waals surface area contributed by atoms with Crippen LogP contribution in [0.5, 0.6) is 5.75 Å². The zero-order valence-electron chi connectivity index (χ0n) is 11.6. The summed E-state index contributed by atoms with van der Waals surface area (Å²) in [6.45, 7) is 1.94. The Morgan fingerprint density at radius 3 is 2.85 bits per heavy atom. The largest absolute Gasteiger partial charge is 0.495 e. The summed E-state index contributed by atoms with van der Waals surface area (Å²) in [5, 5.41) is 5.64. The number of furan rings is 1. The molecule has 106 valence electrons. The first kappa shape index (κ1) is 14.0. The Hall–Kier alpha value is -2.43. The number of ether oxygens (including phenoxy) is 1. The topological polar surface area (TPSA) is 63.5 Å². The van der Waals surface area contributed by atoms with Gasteiger partial charge in [0, 0.05) is 6.04 Å². The molecule has 0 spiro atoms. The smallest absolute Gasteiger partial charge is 0.319 e. The fraction of sp³-hybridized carbons (Fsp3) is 0.267. The molecule has 1 aromatic carbocycles. The van der Waals surface area contributed by atoms with Crippen LogP contribution in [-0.4, -0.2) is 19.2 Å². The van der Waals surface area contributed by atoms with Gasteiger partial charge in [-0.1, -0.05) is 12.1 Å². The van der Waals surface area contributed by atoms with E-state index in [0.717, 1.165) is 12.0 Å². The average Bonchev–Trinajstić information content (AvgIpc) is 2.91. The van der Waals surface area contributed by atoms with E-state index in [-0.39, 0.29) is 12.1 Å². The lowest BCUT2D eigenvalue weighted by Crippen LogP contribution is -2.37. The predicted octanol–water partition coefficient (Wildman–Crippen LogP) is 3.04. The number of hydrogen-bond acceptors (Lipinski definition) is 3. The van der Waals surface area contributed by atoms with Gasteiger partial charge in [-0.15, -0.1) is 0 Å². The molecule has 2 rings (SSSR count). The Kier molecular flexibility index (Phi) is 4.65. The van der Waals surface area contributed by atoms with Crippen LogP contribution < -0.4 is 15.4 Å². The van der Waals surface area contributed by atoms with Crippen molar-refractivity contribution in [3.05, 3.63) is 48.4 Å². The quantitative estimate of drug-likeness (QED) is 0.880. The van der Waals surface area contributed by atoms with Crippen LogP contribution in [0.3, 0.4) is 0 Å². The summed E-state index contributed by atoms with van der Waals surface area (Å²) in [5.74, 6) is 0.630. The second-order valence-electron chi connectivity index (χ2n) is 4.54. The Bertz CT molecular complexity index is 552. The van der Waals surface area contributed by atoms with E-state index in [9.17, 15) is 4.79 Å². The monoisotopic (exact) mass is 274 g/mol. The number of hydrogen-bond donors (Lipinski definition) is 2. The van der Waals surface area contributed by atoms with Crippen LogP contribution in [0.15, 0.2) is 47.3 Å². The minimum absolute atomic E-state index is 0.00214. The van der Waals surface area contributed by atoms with Gasteiger partial charge in [-0.2, -0.15) is 0 Å². The Morgan fingerprint density at radius 1 is 1.35 bits per heavy atom. The Balaban J connectivity index is 1.88. The Morgan fingerprint density at radius 2 is 2.15 bits per heavy atom. The molecule has 0 saturated heterocycles. The fourth-order valence-electron chi connectivity index (χ4n) is 1.94. The first-order chi connectivity index (χ1) is 9.69. The number of benzene rings is 1. The van der Waals surface area contributed by atoms with Crippen molar-refractivity contribution >= 4 is 11.7 Å². The normalized spacial score (nSPS) is 11.7. The highest BCUT2D eigenvalue weighted by molar-refractivity contribution is 5.91. The number of carbonyl (C=O) groups excluding carboxylic acids is 1. The summed E-state index contributed by atoms with van der Waals surface area (Å²) >= 11 is 0. The van der Waals surface area contributed by atoms with Crippen LogP contribution in [0.1, 0.15) is 12.5 Å². The van der Waals surface area contributed by atoms with Gasteiger partial charge in [-0.05, 0) is 37.1 Å². The molecule has 0 saturated carbocycles. The zero-order chi connectivity index (χ0) is 14.4. The molecule has 5 heteroatoms. The van der Waals surface area contributed by atoms with Crippen molar-refractivity contribution in [2.45, 2.75) is 19.4 Å². The van der Waals surface area contributed by atoms with Crippen molar-refractivity contribution in [2.75, 3.05) is 12.4 Å². The molecule has 2 amide bonds. The van der Waals surface area contributed by atoms with E-state index < -0.39 is 0 Å². The summed E-state index contributed by atoms with van der Waals surface area (Å²) in [5.41, 5.74) is 1.69. The summed E-state index contributed by atoms with van der Waals surface area (Å²) < 4.78 is 10.2. The number of urea groups is 1. The van der Waals surface area contributed by atoms with Crippen molar-refractivity contribution in [3.8, 4) is 5.75 Å². The maximum Gasteiger partial charge on any atom is 0.319 e. The van der Waals surface area contributed by atoms with Gasteiger partial charge in [-0.25, -0.2) is 4.79 Å². The van der Waals surface area contributed by atoms with E-state index in [4.69, 9.17) is 9.15 Å². The molecule has 0 aliphatic rings. The molecule has 0 fully saturated rings. The molecule has 2 N–H and O–H groups in total. The average molecular weight is 274 g/mol. The van der Waals surface area contributed by atoms with Gasteiger partial charge in [0.25, 0.3) is 0 Å². The summed E-state index contributed by atoms with van der Waals surface area (Å²) in [4.78, 5) is 11.9. The van der Waals surface area contributed by atoms with Gasteiger partial charge in [0.05, 0.1) is 25.3 Å². The third-order valence-electron chi connectivity index (χ3n) is 2.85. The highest BCUT2D eigenvalue weighted by Gasteiger charge is 2.10. The summed E-state index contributed by atoms with van der Waals surface area (Å²) in [7, 11) is 1.57. The van der Waals surface area contributed by atoms with Gasteiger partial charge < -0.3 is 19.8 Å². The summed E-state index contributed by atoms with van der Waals surface area (Å²) in [6.07, 6.45) is 4.02. The van der Waals surface area contributed by atoms with Crippen LogP contribution in [0, 0.1) is 0 Å². The second kappa shape index (κ2) is 6.65. The van der Waals surface area contributed by atoms with Crippen molar-refractivity contribution < 1.29 is 13.9 Å². The molecule has 0 aliphatic heterocycles.